The first-order valence-electron chi connectivity index (χ1n) is 6.70. The molecule has 0 saturated heterocycles. The summed E-state index contributed by atoms with van der Waals surface area (Å²) < 4.78 is 5.54. The first-order valence-corrected chi connectivity index (χ1v) is 7.49. The molecule has 0 fully saturated rings. The van der Waals surface area contributed by atoms with Crippen LogP contribution in [-0.2, 0) is 20.7 Å². The number of hydrogen-bond acceptors (Lipinski definition) is 3. The van der Waals surface area contributed by atoms with E-state index in [2.05, 4.69) is 26.0 Å². The van der Waals surface area contributed by atoms with Crippen molar-refractivity contribution in [3.63, 3.8) is 0 Å². The minimum atomic E-state index is -0.177. The Morgan fingerprint density at radius 1 is 1.25 bits per heavy atom. The lowest BCUT2D eigenvalue weighted by molar-refractivity contribution is -0.140. The molecule has 0 aliphatic heterocycles. The zero-order valence-electron chi connectivity index (χ0n) is 11.7. The number of unbranched alkanes of at least 4 members (excludes halogenated alkanes) is 2. The van der Waals surface area contributed by atoms with E-state index < -0.39 is 0 Å². The highest BCUT2D eigenvalue weighted by molar-refractivity contribution is 9.10. The van der Waals surface area contributed by atoms with Gasteiger partial charge >= 0.3 is 5.97 Å². The Kier molecular flexibility index (Phi) is 7.95. The van der Waals surface area contributed by atoms with Crippen molar-refractivity contribution in [1.29, 1.82) is 0 Å². The first kappa shape index (κ1) is 16.7. The molecule has 0 saturated carbocycles. The van der Waals surface area contributed by atoms with Crippen molar-refractivity contribution in [2.75, 3.05) is 13.7 Å². The second kappa shape index (κ2) is 9.53. The van der Waals surface area contributed by atoms with Gasteiger partial charge in [0.15, 0.2) is 0 Å². The molecule has 4 nitrogen and oxygen atoms in total. The molecule has 1 amide bonds. The number of esters is 1. The van der Waals surface area contributed by atoms with Gasteiger partial charge in [-0.1, -0.05) is 34.5 Å². The fourth-order valence-electron chi connectivity index (χ4n) is 1.80. The molecule has 1 aromatic rings. The van der Waals surface area contributed by atoms with Crippen LogP contribution in [0.3, 0.4) is 0 Å². The van der Waals surface area contributed by atoms with Gasteiger partial charge in [-0.05, 0) is 30.5 Å². The highest BCUT2D eigenvalue weighted by atomic mass is 79.9. The Balaban J connectivity index is 2.10. The molecular formula is C15H20BrNO3. The average Bonchev–Trinajstić information content (AvgIpc) is 2.42. The largest absolute Gasteiger partial charge is 0.469 e. The molecule has 1 rings (SSSR count). The van der Waals surface area contributed by atoms with Crippen molar-refractivity contribution >= 4 is 27.8 Å². The van der Waals surface area contributed by atoms with E-state index in [1.165, 1.54) is 7.11 Å². The maximum Gasteiger partial charge on any atom is 0.305 e. The monoisotopic (exact) mass is 341 g/mol. The Bertz CT molecular complexity index is 448. The molecule has 110 valence electrons. The highest BCUT2D eigenvalue weighted by Gasteiger charge is 2.03. The van der Waals surface area contributed by atoms with E-state index in [4.69, 9.17) is 0 Å². The fraction of sp³-hybridized carbons (Fsp3) is 0.467. The predicted octanol–water partition coefficient (Wildman–Crippen LogP) is 2.84. The van der Waals surface area contributed by atoms with Crippen molar-refractivity contribution in [2.24, 2.45) is 0 Å². The Hall–Kier alpha value is -1.36. The van der Waals surface area contributed by atoms with E-state index in [1.54, 1.807) is 0 Å². The Morgan fingerprint density at radius 2 is 2.05 bits per heavy atom. The molecule has 0 unspecified atom stereocenters. The summed E-state index contributed by atoms with van der Waals surface area (Å²) in [5.41, 5.74) is 0.988. The standard InChI is InChI=1S/C15H20BrNO3/c1-20-15(19)8-3-2-4-9-17-14(18)11-12-6-5-7-13(16)10-12/h5-7,10H,2-4,8-9,11H2,1H3,(H,17,18). The van der Waals surface area contributed by atoms with E-state index >= 15 is 0 Å². The van der Waals surface area contributed by atoms with Crippen LogP contribution in [-0.4, -0.2) is 25.5 Å². The van der Waals surface area contributed by atoms with Gasteiger partial charge in [0.05, 0.1) is 13.5 Å². The lowest BCUT2D eigenvalue weighted by Crippen LogP contribution is -2.26. The molecule has 0 aliphatic carbocycles. The number of amides is 1. The molecule has 5 heteroatoms. The summed E-state index contributed by atoms with van der Waals surface area (Å²) in [6.45, 7) is 0.647. The van der Waals surface area contributed by atoms with Gasteiger partial charge < -0.3 is 10.1 Å². The molecule has 0 heterocycles. The van der Waals surface area contributed by atoms with Gasteiger partial charge in [0.1, 0.15) is 0 Å². The second-order valence-corrected chi connectivity index (χ2v) is 5.46. The predicted molar refractivity (Wildman–Crippen MR) is 81.3 cm³/mol. The van der Waals surface area contributed by atoms with Crippen molar-refractivity contribution in [3.05, 3.63) is 34.3 Å². The molecular weight excluding hydrogens is 322 g/mol. The van der Waals surface area contributed by atoms with Gasteiger partial charge in [-0.3, -0.25) is 9.59 Å². The number of halogens is 1. The number of methoxy groups -OCH3 is 1. The third kappa shape index (κ3) is 7.28. The molecule has 0 spiro atoms. The molecule has 1 N–H and O–H groups in total. The van der Waals surface area contributed by atoms with Crippen LogP contribution in [0.25, 0.3) is 0 Å². The van der Waals surface area contributed by atoms with Gasteiger partial charge in [0.2, 0.25) is 5.91 Å². The Morgan fingerprint density at radius 3 is 2.75 bits per heavy atom. The number of hydrogen-bond donors (Lipinski definition) is 1. The summed E-state index contributed by atoms with van der Waals surface area (Å²) in [4.78, 5) is 22.6. The molecule has 1 aromatic carbocycles. The quantitative estimate of drug-likeness (QED) is 0.584. The zero-order valence-corrected chi connectivity index (χ0v) is 13.2. The summed E-state index contributed by atoms with van der Waals surface area (Å²) in [6, 6.07) is 7.72. The number of ether oxygens (including phenoxy) is 1. The SMILES string of the molecule is COC(=O)CCCCCNC(=O)Cc1cccc(Br)c1. The number of nitrogens with one attached hydrogen (secondary N) is 1. The minimum absolute atomic E-state index is 0.0241. The van der Waals surface area contributed by atoms with Gasteiger partial charge in [-0.25, -0.2) is 0 Å². The van der Waals surface area contributed by atoms with Crippen LogP contribution in [0.2, 0.25) is 0 Å². The minimum Gasteiger partial charge on any atom is -0.469 e. The van der Waals surface area contributed by atoms with Crippen LogP contribution >= 0.6 is 15.9 Å². The van der Waals surface area contributed by atoms with Crippen molar-refractivity contribution in [1.82, 2.24) is 5.32 Å². The molecule has 20 heavy (non-hydrogen) atoms. The number of rotatable bonds is 8. The van der Waals surface area contributed by atoms with Gasteiger partial charge in [-0.15, -0.1) is 0 Å². The van der Waals surface area contributed by atoms with Crippen LogP contribution in [0.1, 0.15) is 31.2 Å². The highest BCUT2D eigenvalue weighted by Crippen LogP contribution is 2.11. The third-order valence-electron chi connectivity index (χ3n) is 2.86. The van der Waals surface area contributed by atoms with Crippen molar-refractivity contribution < 1.29 is 14.3 Å². The topological polar surface area (TPSA) is 55.4 Å². The van der Waals surface area contributed by atoms with Gasteiger partial charge in [0.25, 0.3) is 0 Å². The Labute approximate surface area is 128 Å². The fourth-order valence-corrected chi connectivity index (χ4v) is 2.24. The average molecular weight is 342 g/mol. The van der Waals surface area contributed by atoms with E-state index in [-0.39, 0.29) is 11.9 Å². The van der Waals surface area contributed by atoms with Crippen LogP contribution in [0.4, 0.5) is 0 Å². The van der Waals surface area contributed by atoms with Crippen LogP contribution in [0.15, 0.2) is 28.7 Å². The maximum atomic E-state index is 11.7. The lowest BCUT2D eigenvalue weighted by Gasteiger charge is -2.05. The smallest absolute Gasteiger partial charge is 0.305 e. The second-order valence-electron chi connectivity index (χ2n) is 4.54. The van der Waals surface area contributed by atoms with E-state index in [0.717, 1.165) is 29.3 Å². The number of carbonyl (C=O) groups is 2. The van der Waals surface area contributed by atoms with Crippen LogP contribution in [0.5, 0.6) is 0 Å². The number of benzene rings is 1. The molecule has 0 radical (unpaired) electrons. The normalized spacial score (nSPS) is 10.1. The summed E-state index contributed by atoms with van der Waals surface area (Å²) in [5.74, 6) is -0.153. The van der Waals surface area contributed by atoms with E-state index in [1.807, 2.05) is 24.3 Å². The zero-order chi connectivity index (χ0) is 14.8. The molecule has 0 atom stereocenters. The molecule has 0 aromatic heterocycles. The summed E-state index contributed by atoms with van der Waals surface area (Å²) in [7, 11) is 1.39. The van der Waals surface area contributed by atoms with Gasteiger partial charge in [-0.2, -0.15) is 0 Å². The van der Waals surface area contributed by atoms with Crippen molar-refractivity contribution in [2.45, 2.75) is 32.1 Å². The van der Waals surface area contributed by atoms with E-state index in [0.29, 0.717) is 19.4 Å². The van der Waals surface area contributed by atoms with Crippen LogP contribution < -0.4 is 5.32 Å². The molecule has 0 bridgehead atoms. The third-order valence-corrected chi connectivity index (χ3v) is 3.35. The van der Waals surface area contributed by atoms with Crippen LogP contribution in [0, 0.1) is 0 Å². The van der Waals surface area contributed by atoms with Gasteiger partial charge in [0, 0.05) is 17.4 Å². The number of carbonyl (C=O) groups excluding carboxylic acids is 2. The summed E-state index contributed by atoms with van der Waals surface area (Å²) in [6.07, 6.45) is 3.42. The molecule has 0 aliphatic rings. The summed E-state index contributed by atoms with van der Waals surface area (Å²) >= 11 is 3.38. The van der Waals surface area contributed by atoms with Crippen molar-refractivity contribution in [3.8, 4) is 0 Å². The van der Waals surface area contributed by atoms with E-state index in [9.17, 15) is 9.59 Å². The summed E-state index contributed by atoms with van der Waals surface area (Å²) in [5, 5.41) is 2.88. The lowest BCUT2D eigenvalue weighted by atomic mass is 10.1. The first-order chi connectivity index (χ1) is 9.61. The maximum absolute atomic E-state index is 11.7.